The molecule has 3 aromatic heterocycles. The maximum Gasteiger partial charge on any atom is 0.418 e. The number of aromatic nitrogens is 4. The van der Waals surface area contributed by atoms with Crippen molar-refractivity contribution in [3.8, 4) is 11.4 Å². The number of halogens is 3. The fraction of sp³-hybridized carbons (Fsp3) is 0.294. The molecule has 0 spiro atoms. The summed E-state index contributed by atoms with van der Waals surface area (Å²) in [6.07, 6.45) is -0.901. The van der Waals surface area contributed by atoms with Crippen LogP contribution >= 0.6 is 0 Å². The lowest BCUT2D eigenvalue weighted by atomic mass is 10.1. The van der Waals surface area contributed by atoms with Crippen molar-refractivity contribution in [3.63, 3.8) is 0 Å². The predicted octanol–water partition coefficient (Wildman–Crippen LogP) is 2.10. The number of alkyl halides is 3. The Morgan fingerprint density at radius 3 is 2.59 bits per heavy atom. The van der Waals surface area contributed by atoms with E-state index in [1.807, 2.05) is 4.90 Å². The van der Waals surface area contributed by atoms with Crippen LogP contribution in [0.4, 0.5) is 24.8 Å². The highest BCUT2D eigenvalue weighted by molar-refractivity contribution is 5.93. The van der Waals surface area contributed by atoms with Gasteiger partial charge in [-0.05, 0) is 12.1 Å². The number of nitrogens with one attached hydrogen (secondary N) is 1. The zero-order valence-corrected chi connectivity index (χ0v) is 14.2. The number of nitrogen functional groups attached to an aromatic ring is 1. The van der Waals surface area contributed by atoms with Crippen molar-refractivity contribution in [3.05, 3.63) is 36.3 Å². The first kappa shape index (κ1) is 17.4. The molecule has 1 aliphatic heterocycles. The highest BCUT2D eigenvalue weighted by atomic mass is 19.4. The Hall–Kier alpha value is -3.01. The summed E-state index contributed by atoms with van der Waals surface area (Å²) in [5.41, 5.74) is 5.60. The van der Waals surface area contributed by atoms with Gasteiger partial charge in [-0.25, -0.2) is 15.0 Å². The average molecular weight is 375 g/mol. The summed E-state index contributed by atoms with van der Waals surface area (Å²) < 4.78 is 40.8. The number of piperazine rings is 1. The molecule has 0 atom stereocenters. The normalized spacial score (nSPS) is 15.3. The molecule has 0 unspecified atom stereocenters. The fourth-order valence-electron chi connectivity index (χ4n) is 3.10. The predicted molar refractivity (Wildman–Crippen MR) is 95.1 cm³/mol. The molecule has 0 amide bonds. The molecule has 140 valence electrons. The van der Waals surface area contributed by atoms with Crippen LogP contribution in [-0.2, 0) is 6.18 Å². The molecule has 4 rings (SSSR count). The molecule has 1 aliphatic rings. The van der Waals surface area contributed by atoms with Crippen molar-refractivity contribution in [1.29, 1.82) is 0 Å². The van der Waals surface area contributed by atoms with Gasteiger partial charge in [-0.15, -0.1) is 0 Å². The molecular formula is C17H16F3N7. The summed E-state index contributed by atoms with van der Waals surface area (Å²) in [7, 11) is 0. The number of hydrogen-bond acceptors (Lipinski definition) is 7. The molecule has 1 saturated heterocycles. The van der Waals surface area contributed by atoms with E-state index in [0.29, 0.717) is 31.7 Å². The number of nitrogens with two attached hydrogens (primary N) is 1. The molecule has 0 aromatic carbocycles. The second-order valence-corrected chi connectivity index (χ2v) is 6.16. The molecule has 7 nitrogen and oxygen atoms in total. The monoisotopic (exact) mass is 375 g/mol. The molecule has 0 radical (unpaired) electrons. The number of fused-ring (bicyclic) bond motifs is 1. The minimum atomic E-state index is -4.55. The van der Waals surface area contributed by atoms with Gasteiger partial charge >= 0.3 is 6.18 Å². The van der Waals surface area contributed by atoms with Crippen LogP contribution in [0.3, 0.4) is 0 Å². The van der Waals surface area contributed by atoms with Gasteiger partial charge in [0.15, 0.2) is 5.82 Å². The molecule has 4 heterocycles. The van der Waals surface area contributed by atoms with Crippen molar-refractivity contribution in [1.82, 2.24) is 25.3 Å². The summed E-state index contributed by atoms with van der Waals surface area (Å²) in [6.45, 7) is 2.41. The van der Waals surface area contributed by atoms with E-state index >= 15 is 0 Å². The molecule has 0 bridgehead atoms. The van der Waals surface area contributed by atoms with Gasteiger partial charge < -0.3 is 16.0 Å². The SMILES string of the molecule is Nc1cc(-c2nc(N3CCNCC3)c3c(C(F)(F)F)cncc3n2)ccn1. The Morgan fingerprint density at radius 1 is 1.11 bits per heavy atom. The molecule has 3 N–H and O–H groups in total. The van der Waals surface area contributed by atoms with Crippen LogP contribution in [0.5, 0.6) is 0 Å². The van der Waals surface area contributed by atoms with E-state index in [0.717, 1.165) is 6.20 Å². The quantitative estimate of drug-likeness (QED) is 0.708. The number of nitrogens with zero attached hydrogens (tertiary/aromatic N) is 5. The number of hydrogen-bond donors (Lipinski definition) is 2. The molecule has 10 heteroatoms. The summed E-state index contributed by atoms with van der Waals surface area (Å²) >= 11 is 0. The van der Waals surface area contributed by atoms with Crippen LogP contribution in [0, 0.1) is 0 Å². The summed E-state index contributed by atoms with van der Waals surface area (Å²) in [6, 6.07) is 3.25. The zero-order valence-electron chi connectivity index (χ0n) is 14.2. The van der Waals surface area contributed by atoms with Crippen molar-refractivity contribution in [2.45, 2.75) is 6.18 Å². The molecule has 0 aliphatic carbocycles. The van der Waals surface area contributed by atoms with E-state index in [4.69, 9.17) is 5.73 Å². The van der Waals surface area contributed by atoms with Gasteiger partial charge in [0.05, 0.1) is 22.7 Å². The fourth-order valence-corrected chi connectivity index (χ4v) is 3.10. The highest BCUT2D eigenvalue weighted by Gasteiger charge is 2.35. The molecule has 27 heavy (non-hydrogen) atoms. The summed E-state index contributed by atoms with van der Waals surface area (Å²) in [5, 5.41) is 3.15. The number of rotatable bonds is 2. The standard InChI is InChI=1S/C17H16F3N7/c18-17(19,20)11-8-23-9-12-14(11)16(27-5-3-22-4-6-27)26-15(25-12)10-1-2-24-13(21)7-10/h1-2,7-9,22H,3-6H2,(H2,21,24). The lowest BCUT2D eigenvalue weighted by Gasteiger charge is -2.30. The van der Waals surface area contributed by atoms with E-state index in [1.165, 1.54) is 12.4 Å². The minimum absolute atomic E-state index is 0.0369. The first-order valence-electron chi connectivity index (χ1n) is 8.34. The first-order chi connectivity index (χ1) is 12.9. The minimum Gasteiger partial charge on any atom is -0.384 e. The van der Waals surface area contributed by atoms with Gasteiger partial charge in [-0.3, -0.25) is 4.98 Å². The van der Waals surface area contributed by atoms with Crippen LogP contribution in [0.25, 0.3) is 22.3 Å². The summed E-state index contributed by atoms with van der Waals surface area (Å²) in [5.74, 6) is 0.815. The first-order valence-corrected chi connectivity index (χ1v) is 8.34. The second-order valence-electron chi connectivity index (χ2n) is 6.16. The van der Waals surface area contributed by atoms with Crippen molar-refractivity contribution < 1.29 is 13.2 Å². The largest absolute Gasteiger partial charge is 0.418 e. The highest BCUT2D eigenvalue weighted by Crippen LogP contribution is 2.38. The number of pyridine rings is 2. The Kier molecular flexibility index (Phi) is 4.27. The van der Waals surface area contributed by atoms with Gasteiger partial charge in [-0.2, -0.15) is 13.2 Å². The van der Waals surface area contributed by atoms with Gasteiger partial charge in [0, 0.05) is 44.1 Å². The third-order valence-corrected chi connectivity index (χ3v) is 4.35. The van der Waals surface area contributed by atoms with E-state index in [1.54, 1.807) is 12.1 Å². The van der Waals surface area contributed by atoms with Gasteiger partial charge in [0.2, 0.25) is 0 Å². The Morgan fingerprint density at radius 2 is 1.89 bits per heavy atom. The van der Waals surface area contributed by atoms with Gasteiger partial charge in [0.1, 0.15) is 11.6 Å². The van der Waals surface area contributed by atoms with E-state index in [-0.39, 0.29) is 28.4 Å². The Balaban J connectivity index is 1.99. The molecular weight excluding hydrogens is 359 g/mol. The van der Waals surface area contributed by atoms with Crippen LogP contribution in [0.1, 0.15) is 5.56 Å². The maximum atomic E-state index is 13.6. The van der Waals surface area contributed by atoms with Crippen LogP contribution in [0.15, 0.2) is 30.7 Å². The maximum absolute atomic E-state index is 13.6. The van der Waals surface area contributed by atoms with E-state index in [2.05, 4.69) is 25.3 Å². The van der Waals surface area contributed by atoms with Crippen molar-refractivity contribution in [2.75, 3.05) is 36.8 Å². The van der Waals surface area contributed by atoms with Crippen LogP contribution in [0.2, 0.25) is 0 Å². The van der Waals surface area contributed by atoms with Gasteiger partial charge in [-0.1, -0.05) is 0 Å². The number of anilines is 2. The Bertz CT molecular complexity index is 984. The molecule has 3 aromatic rings. The topological polar surface area (TPSA) is 92.8 Å². The van der Waals surface area contributed by atoms with Crippen LogP contribution in [-0.4, -0.2) is 46.1 Å². The van der Waals surface area contributed by atoms with Gasteiger partial charge in [0.25, 0.3) is 0 Å². The third-order valence-electron chi connectivity index (χ3n) is 4.35. The Labute approximate surface area is 152 Å². The second kappa shape index (κ2) is 6.62. The van der Waals surface area contributed by atoms with E-state index in [9.17, 15) is 13.2 Å². The average Bonchev–Trinajstić information content (AvgIpc) is 2.66. The summed E-state index contributed by atoms with van der Waals surface area (Å²) in [4.78, 5) is 18.3. The molecule has 0 saturated carbocycles. The zero-order chi connectivity index (χ0) is 19.0. The lowest BCUT2D eigenvalue weighted by Crippen LogP contribution is -2.44. The smallest absolute Gasteiger partial charge is 0.384 e. The lowest BCUT2D eigenvalue weighted by molar-refractivity contribution is -0.136. The molecule has 1 fully saturated rings. The van der Waals surface area contributed by atoms with E-state index < -0.39 is 11.7 Å². The third kappa shape index (κ3) is 3.35. The van der Waals surface area contributed by atoms with Crippen molar-refractivity contribution >= 4 is 22.5 Å². The van der Waals surface area contributed by atoms with Crippen LogP contribution < -0.4 is 16.0 Å². The van der Waals surface area contributed by atoms with Crippen molar-refractivity contribution in [2.24, 2.45) is 0 Å².